The Morgan fingerprint density at radius 1 is 1.25 bits per heavy atom. The molecule has 0 spiro atoms. The minimum Gasteiger partial charge on any atom is -0.591 e. The van der Waals surface area contributed by atoms with Crippen molar-refractivity contribution in [1.82, 2.24) is 0 Å². The molecular formula is C12H13F4NO2S. The van der Waals surface area contributed by atoms with Crippen LogP contribution in [0, 0.1) is 5.82 Å². The molecule has 1 aromatic carbocycles. The standard InChI is InChI=1S/C12H13F4NO2S/c1-11(2,3)20(18)17-7-8-6-9(4-5-10(8)13)19-12(14,15)16/h4-7H,1-3H3. The number of ether oxygens (including phenoxy) is 1. The second-order valence-corrected chi connectivity index (χ2v) is 6.76. The summed E-state index contributed by atoms with van der Waals surface area (Å²) in [5.41, 5.74) is -0.232. The lowest BCUT2D eigenvalue weighted by Gasteiger charge is -2.17. The Bertz CT molecular complexity index is 497. The minimum absolute atomic E-state index is 0.232. The van der Waals surface area contributed by atoms with Crippen LogP contribution in [0.5, 0.6) is 5.75 Å². The molecule has 0 radical (unpaired) electrons. The van der Waals surface area contributed by atoms with Crippen LogP contribution < -0.4 is 4.74 Å². The Balaban J connectivity index is 2.95. The maximum atomic E-state index is 13.4. The SMILES string of the molecule is CC(C)(C)[S+]([O-])N=Cc1cc(OC(F)(F)F)ccc1F. The first-order valence-electron chi connectivity index (χ1n) is 5.50. The molecule has 3 nitrogen and oxygen atoms in total. The average molecular weight is 311 g/mol. The normalized spacial score (nSPS) is 14.6. The third kappa shape index (κ3) is 5.38. The second-order valence-electron chi connectivity index (χ2n) is 4.83. The van der Waals surface area contributed by atoms with Crippen molar-refractivity contribution in [2.75, 3.05) is 0 Å². The van der Waals surface area contributed by atoms with Gasteiger partial charge in [-0.15, -0.1) is 13.2 Å². The highest BCUT2D eigenvalue weighted by Gasteiger charge is 2.31. The predicted molar refractivity (Wildman–Crippen MR) is 68.6 cm³/mol. The molecule has 20 heavy (non-hydrogen) atoms. The molecule has 0 bridgehead atoms. The van der Waals surface area contributed by atoms with E-state index in [1.807, 2.05) is 0 Å². The molecule has 112 valence electrons. The van der Waals surface area contributed by atoms with Crippen LogP contribution in [0.4, 0.5) is 17.6 Å². The first kappa shape index (κ1) is 16.8. The summed E-state index contributed by atoms with van der Waals surface area (Å²) in [6, 6.07) is 2.51. The van der Waals surface area contributed by atoms with E-state index in [0.717, 1.165) is 24.4 Å². The Morgan fingerprint density at radius 3 is 2.35 bits per heavy atom. The Morgan fingerprint density at radius 2 is 1.85 bits per heavy atom. The summed E-state index contributed by atoms with van der Waals surface area (Å²) in [6.45, 7) is 5.00. The van der Waals surface area contributed by atoms with E-state index in [0.29, 0.717) is 0 Å². The zero-order valence-electron chi connectivity index (χ0n) is 11.0. The van der Waals surface area contributed by atoms with E-state index in [9.17, 15) is 22.1 Å². The van der Waals surface area contributed by atoms with Crippen molar-refractivity contribution >= 4 is 17.6 Å². The number of rotatable bonds is 3. The molecule has 0 saturated heterocycles. The molecule has 0 aromatic heterocycles. The second kappa shape index (κ2) is 6.01. The van der Waals surface area contributed by atoms with Gasteiger partial charge in [0.25, 0.3) is 0 Å². The molecule has 0 aliphatic rings. The lowest BCUT2D eigenvalue weighted by Crippen LogP contribution is -2.25. The summed E-state index contributed by atoms with van der Waals surface area (Å²) < 4.78 is 67.9. The van der Waals surface area contributed by atoms with E-state index in [1.54, 1.807) is 20.8 Å². The van der Waals surface area contributed by atoms with Gasteiger partial charge in [-0.1, -0.05) is 4.40 Å². The number of hydrogen-bond donors (Lipinski definition) is 0. The van der Waals surface area contributed by atoms with E-state index < -0.39 is 34.0 Å². The van der Waals surface area contributed by atoms with Crippen LogP contribution >= 0.6 is 0 Å². The van der Waals surface area contributed by atoms with Gasteiger partial charge in [0.2, 0.25) is 0 Å². The van der Waals surface area contributed by atoms with Crippen LogP contribution in [0.1, 0.15) is 26.3 Å². The molecule has 8 heteroatoms. The molecule has 0 aliphatic carbocycles. The molecule has 1 rings (SSSR count). The van der Waals surface area contributed by atoms with Crippen molar-refractivity contribution in [3.63, 3.8) is 0 Å². The molecule has 0 heterocycles. The summed E-state index contributed by atoms with van der Waals surface area (Å²) in [5, 5.41) is 0. The minimum atomic E-state index is -4.86. The lowest BCUT2D eigenvalue weighted by atomic mass is 10.2. The molecule has 1 unspecified atom stereocenters. The first-order chi connectivity index (χ1) is 8.99. The van der Waals surface area contributed by atoms with E-state index in [-0.39, 0.29) is 5.56 Å². The zero-order chi connectivity index (χ0) is 15.6. The smallest absolute Gasteiger partial charge is 0.573 e. The predicted octanol–water partition coefficient (Wildman–Crippen LogP) is 3.61. The van der Waals surface area contributed by atoms with Gasteiger partial charge >= 0.3 is 6.36 Å². The van der Waals surface area contributed by atoms with Crippen molar-refractivity contribution in [2.45, 2.75) is 31.9 Å². The summed E-state index contributed by atoms with van der Waals surface area (Å²) in [4.78, 5) is 0. The maximum Gasteiger partial charge on any atom is 0.573 e. The summed E-state index contributed by atoms with van der Waals surface area (Å²) in [7, 11) is 0. The molecule has 1 atom stereocenters. The first-order valence-corrected chi connectivity index (χ1v) is 6.61. The van der Waals surface area contributed by atoms with Gasteiger partial charge in [0.15, 0.2) is 0 Å². The van der Waals surface area contributed by atoms with Gasteiger partial charge in [0, 0.05) is 5.56 Å². The van der Waals surface area contributed by atoms with Crippen LogP contribution in [-0.4, -0.2) is 21.9 Å². The number of alkyl halides is 3. The Hall–Kier alpha value is -1.28. The van der Waals surface area contributed by atoms with Gasteiger partial charge in [0.1, 0.15) is 27.7 Å². The third-order valence-corrected chi connectivity index (χ3v) is 3.36. The van der Waals surface area contributed by atoms with Crippen LogP contribution in [-0.2, 0) is 11.4 Å². The van der Waals surface area contributed by atoms with Gasteiger partial charge in [0.05, 0.1) is 6.21 Å². The number of halogens is 4. The Labute approximate surface area is 117 Å². The van der Waals surface area contributed by atoms with E-state index in [4.69, 9.17) is 0 Å². The fraction of sp³-hybridized carbons (Fsp3) is 0.417. The van der Waals surface area contributed by atoms with Crippen LogP contribution in [0.15, 0.2) is 22.6 Å². The van der Waals surface area contributed by atoms with Crippen molar-refractivity contribution < 1.29 is 26.9 Å². The number of nitrogens with zero attached hydrogens (tertiary/aromatic N) is 1. The number of hydrogen-bond acceptors (Lipinski definition) is 3. The van der Waals surface area contributed by atoms with Gasteiger partial charge in [-0.05, 0) is 39.0 Å². The van der Waals surface area contributed by atoms with Gasteiger partial charge < -0.3 is 9.29 Å². The number of benzene rings is 1. The van der Waals surface area contributed by atoms with Crippen molar-refractivity contribution in [2.24, 2.45) is 4.40 Å². The van der Waals surface area contributed by atoms with E-state index in [1.165, 1.54) is 0 Å². The van der Waals surface area contributed by atoms with Crippen LogP contribution in [0.2, 0.25) is 0 Å². The zero-order valence-corrected chi connectivity index (χ0v) is 11.8. The summed E-state index contributed by atoms with van der Waals surface area (Å²) in [5.74, 6) is -1.35. The van der Waals surface area contributed by atoms with Crippen molar-refractivity contribution in [3.8, 4) is 5.75 Å². The highest BCUT2D eigenvalue weighted by Crippen LogP contribution is 2.24. The van der Waals surface area contributed by atoms with E-state index >= 15 is 0 Å². The van der Waals surface area contributed by atoms with Gasteiger partial charge in [-0.3, -0.25) is 0 Å². The van der Waals surface area contributed by atoms with Crippen LogP contribution in [0.3, 0.4) is 0 Å². The van der Waals surface area contributed by atoms with Gasteiger partial charge in [-0.2, -0.15) is 0 Å². The maximum absolute atomic E-state index is 13.4. The van der Waals surface area contributed by atoms with Gasteiger partial charge in [-0.25, -0.2) is 4.39 Å². The van der Waals surface area contributed by atoms with Crippen molar-refractivity contribution in [3.05, 3.63) is 29.6 Å². The molecule has 0 N–H and O–H groups in total. The lowest BCUT2D eigenvalue weighted by molar-refractivity contribution is -0.274. The monoisotopic (exact) mass is 311 g/mol. The fourth-order valence-electron chi connectivity index (χ4n) is 1.08. The molecule has 0 saturated carbocycles. The third-order valence-electron chi connectivity index (χ3n) is 2.01. The largest absolute Gasteiger partial charge is 0.591 e. The quantitative estimate of drug-likeness (QED) is 0.486. The molecule has 0 amide bonds. The molecule has 0 aliphatic heterocycles. The molecular weight excluding hydrogens is 298 g/mol. The molecule has 0 fully saturated rings. The molecule has 1 aromatic rings. The average Bonchev–Trinajstić information content (AvgIpc) is 2.26. The highest BCUT2D eigenvalue weighted by molar-refractivity contribution is 7.91. The summed E-state index contributed by atoms with van der Waals surface area (Å²) in [6.07, 6.45) is -3.93. The summed E-state index contributed by atoms with van der Waals surface area (Å²) >= 11 is -1.63. The van der Waals surface area contributed by atoms with Crippen molar-refractivity contribution in [1.29, 1.82) is 0 Å². The topological polar surface area (TPSA) is 44.7 Å². The Kier molecular flexibility index (Phi) is 5.04. The highest BCUT2D eigenvalue weighted by atomic mass is 32.2. The van der Waals surface area contributed by atoms with Crippen LogP contribution in [0.25, 0.3) is 0 Å². The van der Waals surface area contributed by atoms with E-state index in [2.05, 4.69) is 9.13 Å². The fourth-order valence-corrected chi connectivity index (χ4v) is 1.61.